The quantitative estimate of drug-likeness (QED) is 0.723. The Labute approximate surface area is 138 Å². The molecular weight excluding hydrogens is 308 g/mol. The highest BCUT2D eigenvalue weighted by Crippen LogP contribution is 2.21. The number of benzene rings is 1. The largest absolute Gasteiger partial charge is 0.333 e. The fourth-order valence-electron chi connectivity index (χ4n) is 2.18. The summed E-state index contributed by atoms with van der Waals surface area (Å²) in [6.45, 7) is 3.17. The Hall–Kier alpha value is -2.60. The standard InChI is InChI=1S/C17H16N4OS/c1-2-21(11-13-7-4-3-5-8-13)17(22)14-12-23-16(20-14)15-18-9-6-10-19-15/h3-10,12H,2,11H2,1H3. The maximum Gasteiger partial charge on any atom is 0.273 e. The van der Waals surface area contributed by atoms with Gasteiger partial charge in [-0.3, -0.25) is 4.79 Å². The summed E-state index contributed by atoms with van der Waals surface area (Å²) in [4.78, 5) is 27.2. The highest BCUT2D eigenvalue weighted by Gasteiger charge is 2.18. The molecule has 0 radical (unpaired) electrons. The summed E-state index contributed by atoms with van der Waals surface area (Å²) in [6.07, 6.45) is 3.33. The molecule has 2 aromatic heterocycles. The van der Waals surface area contributed by atoms with E-state index in [4.69, 9.17) is 0 Å². The predicted molar refractivity (Wildman–Crippen MR) is 90.0 cm³/mol. The number of thiazole rings is 1. The maximum absolute atomic E-state index is 12.7. The van der Waals surface area contributed by atoms with Crippen LogP contribution in [0.3, 0.4) is 0 Å². The van der Waals surface area contributed by atoms with Crippen LogP contribution in [0.15, 0.2) is 54.2 Å². The average Bonchev–Trinajstić information content (AvgIpc) is 3.11. The van der Waals surface area contributed by atoms with E-state index in [2.05, 4.69) is 15.0 Å². The van der Waals surface area contributed by atoms with Gasteiger partial charge in [-0.15, -0.1) is 11.3 Å². The molecule has 1 aromatic carbocycles. The minimum absolute atomic E-state index is 0.0743. The van der Waals surface area contributed by atoms with Gasteiger partial charge in [0.1, 0.15) is 5.69 Å². The molecular formula is C17H16N4OS. The van der Waals surface area contributed by atoms with Gasteiger partial charge in [-0.05, 0) is 18.6 Å². The molecule has 1 amide bonds. The zero-order valence-electron chi connectivity index (χ0n) is 12.7. The van der Waals surface area contributed by atoms with E-state index in [9.17, 15) is 4.79 Å². The molecule has 0 bridgehead atoms. The van der Waals surface area contributed by atoms with E-state index in [1.165, 1.54) is 11.3 Å². The summed E-state index contributed by atoms with van der Waals surface area (Å²) in [5.74, 6) is 0.470. The second-order valence-corrected chi connectivity index (χ2v) is 5.77. The smallest absolute Gasteiger partial charge is 0.273 e. The van der Waals surface area contributed by atoms with Crippen molar-refractivity contribution in [3.63, 3.8) is 0 Å². The number of carbonyl (C=O) groups is 1. The van der Waals surface area contributed by atoms with Crippen molar-refractivity contribution in [3.05, 3.63) is 65.4 Å². The lowest BCUT2D eigenvalue weighted by Gasteiger charge is -2.19. The molecule has 0 aliphatic carbocycles. The van der Waals surface area contributed by atoms with Crippen LogP contribution in [0.1, 0.15) is 23.0 Å². The molecule has 0 N–H and O–H groups in total. The lowest BCUT2D eigenvalue weighted by atomic mass is 10.2. The van der Waals surface area contributed by atoms with Crippen LogP contribution in [-0.4, -0.2) is 32.3 Å². The molecule has 3 aromatic rings. The first-order chi connectivity index (χ1) is 11.3. The minimum atomic E-state index is -0.0743. The molecule has 6 heteroatoms. The van der Waals surface area contributed by atoms with Gasteiger partial charge in [-0.2, -0.15) is 0 Å². The Kier molecular flexibility index (Phi) is 4.73. The molecule has 0 saturated heterocycles. The van der Waals surface area contributed by atoms with E-state index >= 15 is 0 Å². The van der Waals surface area contributed by atoms with Gasteiger partial charge in [0.2, 0.25) is 0 Å². The molecule has 23 heavy (non-hydrogen) atoms. The lowest BCUT2D eigenvalue weighted by Crippen LogP contribution is -2.30. The van der Waals surface area contributed by atoms with Crippen molar-refractivity contribution >= 4 is 17.2 Å². The summed E-state index contributed by atoms with van der Waals surface area (Å²) in [7, 11) is 0. The Morgan fingerprint density at radius 2 is 1.87 bits per heavy atom. The molecule has 0 atom stereocenters. The van der Waals surface area contributed by atoms with Crippen LogP contribution in [0, 0.1) is 0 Å². The van der Waals surface area contributed by atoms with Crippen LogP contribution < -0.4 is 0 Å². The van der Waals surface area contributed by atoms with Crippen LogP contribution in [-0.2, 0) is 6.54 Å². The monoisotopic (exact) mass is 324 g/mol. The van der Waals surface area contributed by atoms with Gasteiger partial charge in [-0.1, -0.05) is 30.3 Å². The molecule has 3 rings (SSSR count). The third kappa shape index (κ3) is 3.60. The van der Waals surface area contributed by atoms with Gasteiger partial charge in [0.05, 0.1) is 0 Å². The van der Waals surface area contributed by atoms with Crippen molar-refractivity contribution in [2.45, 2.75) is 13.5 Å². The molecule has 0 fully saturated rings. The highest BCUT2D eigenvalue weighted by molar-refractivity contribution is 7.13. The minimum Gasteiger partial charge on any atom is -0.333 e. The molecule has 0 aliphatic heterocycles. The van der Waals surface area contributed by atoms with E-state index in [1.54, 1.807) is 28.7 Å². The van der Waals surface area contributed by atoms with E-state index in [0.29, 0.717) is 29.6 Å². The molecule has 0 unspecified atom stereocenters. The first kappa shape index (κ1) is 15.3. The van der Waals surface area contributed by atoms with Gasteiger partial charge < -0.3 is 4.90 Å². The Balaban J connectivity index is 1.78. The number of amides is 1. The topological polar surface area (TPSA) is 59.0 Å². The summed E-state index contributed by atoms with van der Waals surface area (Å²) >= 11 is 1.38. The Bertz CT molecular complexity index is 774. The number of hydrogen-bond acceptors (Lipinski definition) is 5. The van der Waals surface area contributed by atoms with Crippen molar-refractivity contribution in [3.8, 4) is 10.8 Å². The van der Waals surface area contributed by atoms with Crippen molar-refractivity contribution in [2.75, 3.05) is 6.54 Å². The van der Waals surface area contributed by atoms with Gasteiger partial charge >= 0.3 is 0 Å². The van der Waals surface area contributed by atoms with Gasteiger partial charge in [-0.25, -0.2) is 15.0 Å². The van der Waals surface area contributed by atoms with E-state index in [0.717, 1.165) is 5.56 Å². The average molecular weight is 324 g/mol. The van der Waals surface area contributed by atoms with E-state index in [-0.39, 0.29) is 5.91 Å². The SMILES string of the molecule is CCN(Cc1ccccc1)C(=O)c1csc(-c2ncccn2)n1. The fraction of sp³-hybridized carbons (Fsp3) is 0.176. The summed E-state index contributed by atoms with van der Waals surface area (Å²) in [5, 5.41) is 2.42. The first-order valence-corrected chi connectivity index (χ1v) is 8.22. The molecule has 5 nitrogen and oxygen atoms in total. The van der Waals surface area contributed by atoms with E-state index < -0.39 is 0 Å². The summed E-state index contributed by atoms with van der Waals surface area (Å²) in [6, 6.07) is 11.7. The molecule has 0 spiro atoms. The molecule has 0 aliphatic rings. The van der Waals surface area contributed by atoms with Crippen LogP contribution in [0.4, 0.5) is 0 Å². The van der Waals surface area contributed by atoms with Crippen molar-refractivity contribution in [1.29, 1.82) is 0 Å². The van der Waals surface area contributed by atoms with Gasteiger partial charge in [0.25, 0.3) is 5.91 Å². The number of nitrogens with zero attached hydrogens (tertiary/aromatic N) is 4. The van der Waals surface area contributed by atoms with Gasteiger partial charge in [0.15, 0.2) is 10.8 Å². The predicted octanol–water partition coefficient (Wildman–Crippen LogP) is 3.26. The normalized spacial score (nSPS) is 10.5. The van der Waals surface area contributed by atoms with Gasteiger partial charge in [0, 0.05) is 30.9 Å². The summed E-state index contributed by atoms with van der Waals surface area (Å²) in [5.41, 5.74) is 1.54. The van der Waals surface area contributed by atoms with Crippen molar-refractivity contribution in [1.82, 2.24) is 19.9 Å². The van der Waals surface area contributed by atoms with Crippen LogP contribution in [0.2, 0.25) is 0 Å². The third-order valence-electron chi connectivity index (χ3n) is 3.37. The molecule has 116 valence electrons. The van der Waals surface area contributed by atoms with E-state index in [1.807, 2.05) is 37.3 Å². The Morgan fingerprint density at radius 3 is 2.57 bits per heavy atom. The second kappa shape index (κ2) is 7.11. The fourth-order valence-corrected chi connectivity index (χ4v) is 2.92. The van der Waals surface area contributed by atoms with Crippen molar-refractivity contribution < 1.29 is 4.79 Å². The van der Waals surface area contributed by atoms with Crippen molar-refractivity contribution in [2.24, 2.45) is 0 Å². The van der Waals surface area contributed by atoms with Crippen LogP contribution >= 0.6 is 11.3 Å². The van der Waals surface area contributed by atoms with Crippen LogP contribution in [0.5, 0.6) is 0 Å². The molecule has 2 heterocycles. The maximum atomic E-state index is 12.7. The lowest BCUT2D eigenvalue weighted by molar-refractivity contribution is 0.0747. The molecule has 0 saturated carbocycles. The summed E-state index contributed by atoms with van der Waals surface area (Å²) < 4.78 is 0. The number of carbonyl (C=O) groups excluding carboxylic acids is 1. The highest BCUT2D eigenvalue weighted by atomic mass is 32.1. The number of aromatic nitrogens is 3. The number of hydrogen-bond donors (Lipinski definition) is 0. The zero-order valence-corrected chi connectivity index (χ0v) is 13.5. The first-order valence-electron chi connectivity index (χ1n) is 7.34. The van der Waals surface area contributed by atoms with Crippen LogP contribution in [0.25, 0.3) is 10.8 Å². The Morgan fingerprint density at radius 1 is 1.13 bits per heavy atom. The zero-order chi connectivity index (χ0) is 16.1. The number of rotatable bonds is 5. The third-order valence-corrected chi connectivity index (χ3v) is 4.20. The second-order valence-electron chi connectivity index (χ2n) is 4.92.